The SMILES string of the molecule is C=CS(=O)(=O)c1ccc(CCCCC)cc1. The number of benzene rings is 1. The van der Waals surface area contributed by atoms with Crippen LogP contribution >= 0.6 is 0 Å². The molecule has 0 aliphatic rings. The summed E-state index contributed by atoms with van der Waals surface area (Å²) in [6.45, 7) is 5.47. The topological polar surface area (TPSA) is 34.1 Å². The lowest BCUT2D eigenvalue weighted by Gasteiger charge is -2.02. The van der Waals surface area contributed by atoms with Crippen molar-refractivity contribution in [2.45, 2.75) is 37.5 Å². The summed E-state index contributed by atoms with van der Waals surface area (Å²) in [5, 5.41) is 0.985. The second-order valence-corrected chi connectivity index (χ2v) is 5.71. The molecule has 0 spiro atoms. The minimum absolute atomic E-state index is 0.321. The molecule has 16 heavy (non-hydrogen) atoms. The van der Waals surface area contributed by atoms with Crippen LogP contribution in [0.5, 0.6) is 0 Å². The summed E-state index contributed by atoms with van der Waals surface area (Å²) in [7, 11) is -3.28. The number of sulfone groups is 1. The summed E-state index contributed by atoms with van der Waals surface area (Å²) >= 11 is 0. The Bertz CT molecular complexity index is 430. The molecule has 0 amide bonds. The number of unbranched alkanes of at least 4 members (excludes halogenated alkanes) is 2. The van der Waals surface area contributed by atoms with Crippen molar-refractivity contribution in [3.63, 3.8) is 0 Å². The average Bonchev–Trinajstić information content (AvgIpc) is 2.30. The predicted octanol–water partition coefficient (Wildman–Crippen LogP) is 3.34. The largest absolute Gasteiger partial charge is 0.219 e. The third-order valence-electron chi connectivity index (χ3n) is 2.54. The van der Waals surface area contributed by atoms with Crippen LogP contribution in [0.15, 0.2) is 41.1 Å². The number of aryl methyl sites for hydroxylation is 1. The van der Waals surface area contributed by atoms with E-state index in [-0.39, 0.29) is 0 Å². The fourth-order valence-electron chi connectivity index (χ4n) is 1.52. The van der Waals surface area contributed by atoms with E-state index in [1.807, 2.05) is 12.1 Å². The maximum absolute atomic E-state index is 11.5. The minimum atomic E-state index is -3.28. The molecule has 3 heteroatoms. The quantitative estimate of drug-likeness (QED) is 0.712. The van der Waals surface area contributed by atoms with E-state index in [2.05, 4.69) is 13.5 Å². The Labute approximate surface area is 97.9 Å². The third-order valence-corrected chi connectivity index (χ3v) is 3.91. The molecule has 0 saturated heterocycles. The highest BCUT2D eigenvalue weighted by Gasteiger charge is 2.08. The van der Waals surface area contributed by atoms with Crippen LogP contribution in [0.2, 0.25) is 0 Å². The molecule has 0 unspecified atom stereocenters. The summed E-state index contributed by atoms with van der Waals surface area (Å²) in [5.41, 5.74) is 1.19. The van der Waals surface area contributed by atoms with Gasteiger partial charge in [-0.15, -0.1) is 0 Å². The number of rotatable bonds is 6. The van der Waals surface area contributed by atoms with Gasteiger partial charge in [0, 0.05) is 5.41 Å². The van der Waals surface area contributed by atoms with Gasteiger partial charge in [-0.3, -0.25) is 0 Å². The summed E-state index contributed by atoms with van der Waals surface area (Å²) in [6.07, 6.45) is 4.59. The molecule has 0 aliphatic heterocycles. The van der Waals surface area contributed by atoms with Gasteiger partial charge in [0.15, 0.2) is 9.84 Å². The fourth-order valence-corrected chi connectivity index (χ4v) is 2.23. The molecule has 0 aliphatic carbocycles. The highest BCUT2D eigenvalue weighted by Crippen LogP contribution is 2.14. The normalized spacial score (nSPS) is 11.3. The van der Waals surface area contributed by atoms with Crippen molar-refractivity contribution in [1.82, 2.24) is 0 Å². The van der Waals surface area contributed by atoms with Crippen LogP contribution in [0.4, 0.5) is 0 Å². The van der Waals surface area contributed by atoms with Crippen LogP contribution in [-0.4, -0.2) is 8.42 Å². The molecule has 1 rings (SSSR count). The van der Waals surface area contributed by atoms with Crippen LogP contribution in [0.1, 0.15) is 31.7 Å². The maximum atomic E-state index is 11.5. The first-order valence-electron chi connectivity index (χ1n) is 5.56. The zero-order valence-corrected chi connectivity index (χ0v) is 10.5. The minimum Gasteiger partial charge on any atom is -0.219 e. The van der Waals surface area contributed by atoms with Gasteiger partial charge in [0.05, 0.1) is 4.90 Å². The van der Waals surface area contributed by atoms with Crippen LogP contribution in [-0.2, 0) is 16.3 Å². The van der Waals surface area contributed by atoms with Crippen molar-refractivity contribution in [3.8, 4) is 0 Å². The Balaban J connectivity index is 2.72. The van der Waals surface area contributed by atoms with Gasteiger partial charge in [-0.25, -0.2) is 8.42 Å². The van der Waals surface area contributed by atoms with E-state index in [1.165, 1.54) is 18.4 Å². The monoisotopic (exact) mass is 238 g/mol. The Morgan fingerprint density at radius 1 is 1.19 bits per heavy atom. The molecule has 0 N–H and O–H groups in total. The Kier molecular flexibility index (Phi) is 4.74. The van der Waals surface area contributed by atoms with E-state index in [4.69, 9.17) is 0 Å². The first-order valence-corrected chi connectivity index (χ1v) is 7.11. The summed E-state index contributed by atoms with van der Waals surface area (Å²) < 4.78 is 22.9. The molecule has 0 heterocycles. The molecular weight excluding hydrogens is 220 g/mol. The molecule has 0 aromatic heterocycles. The molecule has 0 saturated carbocycles. The second-order valence-electron chi connectivity index (χ2n) is 3.81. The van der Waals surface area contributed by atoms with Gasteiger partial charge in [-0.1, -0.05) is 38.5 Å². The van der Waals surface area contributed by atoms with Gasteiger partial charge in [0.2, 0.25) is 0 Å². The van der Waals surface area contributed by atoms with Gasteiger partial charge in [0.25, 0.3) is 0 Å². The van der Waals surface area contributed by atoms with Crippen molar-refractivity contribution in [2.24, 2.45) is 0 Å². The highest BCUT2D eigenvalue weighted by molar-refractivity contribution is 7.94. The van der Waals surface area contributed by atoms with Crippen LogP contribution in [0.25, 0.3) is 0 Å². The number of hydrogen-bond donors (Lipinski definition) is 0. The Morgan fingerprint density at radius 2 is 1.81 bits per heavy atom. The first-order chi connectivity index (χ1) is 7.60. The van der Waals surface area contributed by atoms with E-state index < -0.39 is 9.84 Å². The van der Waals surface area contributed by atoms with Crippen molar-refractivity contribution >= 4 is 9.84 Å². The lowest BCUT2D eigenvalue weighted by atomic mass is 10.1. The summed E-state index contributed by atoms with van der Waals surface area (Å²) in [5.74, 6) is 0. The Morgan fingerprint density at radius 3 is 2.31 bits per heavy atom. The van der Waals surface area contributed by atoms with Crippen molar-refractivity contribution in [1.29, 1.82) is 0 Å². The molecular formula is C13H18O2S. The number of hydrogen-bond acceptors (Lipinski definition) is 2. The van der Waals surface area contributed by atoms with Gasteiger partial charge < -0.3 is 0 Å². The molecule has 2 nitrogen and oxygen atoms in total. The van der Waals surface area contributed by atoms with Crippen LogP contribution in [0, 0.1) is 0 Å². The summed E-state index contributed by atoms with van der Waals surface area (Å²) in [6, 6.07) is 7.06. The van der Waals surface area contributed by atoms with Crippen molar-refractivity contribution in [3.05, 3.63) is 41.8 Å². The molecule has 88 valence electrons. The average molecular weight is 238 g/mol. The van der Waals surface area contributed by atoms with E-state index >= 15 is 0 Å². The fraction of sp³-hybridized carbons (Fsp3) is 0.385. The van der Waals surface area contributed by atoms with Crippen LogP contribution < -0.4 is 0 Å². The van der Waals surface area contributed by atoms with Gasteiger partial charge >= 0.3 is 0 Å². The smallest absolute Gasteiger partial charge is 0.199 e. The van der Waals surface area contributed by atoms with E-state index in [9.17, 15) is 8.42 Å². The van der Waals surface area contributed by atoms with Gasteiger partial charge in [-0.05, 0) is 30.5 Å². The van der Waals surface area contributed by atoms with Crippen molar-refractivity contribution < 1.29 is 8.42 Å². The molecule has 1 aromatic rings. The van der Waals surface area contributed by atoms with E-state index in [1.54, 1.807) is 12.1 Å². The van der Waals surface area contributed by atoms with E-state index in [0.29, 0.717) is 4.90 Å². The predicted molar refractivity (Wildman–Crippen MR) is 67.1 cm³/mol. The second kappa shape index (κ2) is 5.85. The lowest BCUT2D eigenvalue weighted by molar-refractivity contribution is 0.604. The molecule has 0 radical (unpaired) electrons. The van der Waals surface area contributed by atoms with E-state index in [0.717, 1.165) is 18.2 Å². The Hall–Kier alpha value is -1.09. The molecule has 0 fully saturated rings. The maximum Gasteiger partial charge on any atom is 0.199 e. The van der Waals surface area contributed by atoms with Crippen molar-refractivity contribution in [2.75, 3.05) is 0 Å². The zero-order valence-electron chi connectivity index (χ0n) is 9.65. The standard InChI is InChI=1S/C13H18O2S/c1-3-5-6-7-12-8-10-13(11-9-12)16(14,15)4-2/h4,8-11H,2-3,5-7H2,1H3. The molecule has 0 atom stereocenters. The zero-order chi connectivity index (χ0) is 12.0. The highest BCUT2D eigenvalue weighted by atomic mass is 32.2. The third kappa shape index (κ3) is 3.49. The first kappa shape index (κ1) is 13.0. The van der Waals surface area contributed by atoms with Crippen LogP contribution in [0.3, 0.4) is 0 Å². The van der Waals surface area contributed by atoms with Gasteiger partial charge in [0.1, 0.15) is 0 Å². The lowest BCUT2D eigenvalue weighted by Crippen LogP contribution is -1.95. The summed E-state index contributed by atoms with van der Waals surface area (Å²) in [4.78, 5) is 0.321. The molecule has 1 aromatic carbocycles. The van der Waals surface area contributed by atoms with Gasteiger partial charge in [-0.2, -0.15) is 0 Å². The molecule has 0 bridgehead atoms.